The van der Waals surface area contributed by atoms with E-state index in [9.17, 15) is 0 Å². The first-order valence-corrected chi connectivity index (χ1v) is 13.2. The van der Waals surface area contributed by atoms with Crippen LogP contribution in [0.4, 0.5) is 0 Å². The molecule has 0 aliphatic rings. The van der Waals surface area contributed by atoms with Gasteiger partial charge in [-0.2, -0.15) is 0 Å². The molecule has 6 heteroatoms. The van der Waals surface area contributed by atoms with Crippen LogP contribution in [-0.4, -0.2) is 37.8 Å². The van der Waals surface area contributed by atoms with E-state index in [2.05, 4.69) is 92.0 Å². The number of hydrogen-bond acceptors (Lipinski definition) is 0. The monoisotopic (exact) mass is 372 g/mol. The van der Waals surface area contributed by atoms with Crippen LogP contribution in [0.5, 0.6) is 0 Å². The topological polar surface area (TPSA) is 0 Å². The third-order valence-corrected chi connectivity index (χ3v) is 13.9. The molecule has 0 bridgehead atoms. The van der Waals surface area contributed by atoms with E-state index in [-0.39, 0.29) is 37.7 Å². The summed E-state index contributed by atoms with van der Waals surface area (Å²) in [6, 6.07) is 8.61. The molecule has 0 spiro atoms. The molecule has 1 rings (SSSR count). The molecule has 0 N–H and O–H groups in total. The van der Waals surface area contributed by atoms with Crippen molar-refractivity contribution in [2.75, 3.05) is 0 Å². The summed E-state index contributed by atoms with van der Waals surface area (Å²) in [4.78, 5) is 0. The van der Waals surface area contributed by atoms with Crippen LogP contribution in [0.2, 0.25) is 0 Å². The molecule has 1 aromatic rings. The zero-order valence-electron chi connectivity index (χ0n) is 18.8. The summed E-state index contributed by atoms with van der Waals surface area (Å²) in [6.07, 6.45) is 4.75. The van der Waals surface area contributed by atoms with Gasteiger partial charge >= 0.3 is 52.9 Å². The fourth-order valence-corrected chi connectivity index (χ4v) is 8.03. The molecule has 1 aromatic carbocycles. The van der Waals surface area contributed by atoms with Crippen molar-refractivity contribution in [2.24, 2.45) is 0 Å². The molecule has 0 saturated heterocycles. The summed E-state index contributed by atoms with van der Waals surface area (Å²) in [5, 5.41) is 0. The molecule has 0 heterocycles. The average Bonchev–Trinajstić information content (AvgIpc) is 2.48. The largest absolute Gasteiger partial charge is 1.00 e. The van der Waals surface area contributed by atoms with Gasteiger partial charge in [0, 0.05) is 22.6 Å². The average molecular weight is 372 g/mol. The molecule has 4 radical (unpaired) electrons. The van der Waals surface area contributed by atoms with Crippen molar-refractivity contribution in [3.8, 4) is 0 Å². The first-order chi connectivity index (χ1) is 10.9. The van der Waals surface area contributed by atoms with E-state index in [1.54, 1.807) is 0 Å². The molecule has 0 unspecified atom stereocenters. The Kier molecular flexibility index (Phi) is 13.5. The van der Waals surface area contributed by atoms with Crippen LogP contribution in [0.1, 0.15) is 66.5 Å². The van der Waals surface area contributed by atoms with E-state index in [4.69, 9.17) is 15.1 Å². The van der Waals surface area contributed by atoms with Gasteiger partial charge in [-0.15, -0.1) is 24.5 Å². The van der Waals surface area contributed by atoms with Gasteiger partial charge in [0.05, 0.1) is 0 Å². The Balaban J connectivity index is 0. The second-order valence-corrected chi connectivity index (χ2v) is 16.3. The summed E-state index contributed by atoms with van der Waals surface area (Å²) in [7, 11) is 10.5. The summed E-state index contributed by atoms with van der Waals surface area (Å²) in [5.41, 5.74) is 4.45. The van der Waals surface area contributed by atoms with E-state index < -0.39 is 14.3 Å². The van der Waals surface area contributed by atoms with Crippen molar-refractivity contribution < 1.29 is 37.7 Å². The predicted molar refractivity (Wildman–Crippen MR) is 119 cm³/mol. The van der Waals surface area contributed by atoms with Crippen LogP contribution in [-0.2, 0) is 0 Å². The Hall–Kier alpha value is 1.14. The van der Waals surface area contributed by atoms with Crippen molar-refractivity contribution in [1.82, 2.24) is 0 Å². The van der Waals surface area contributed by atoms with Gasteiger partial charge in [-0.3, -0.25) is 11.1 Å². The van der Waals surface area contributed by atoms with Gasteiger partial charge in [0.2, 0.25) is 0 Å². The van der Waals surface area contributed by atoms with E-state index in [0.717, 1.165) is 0 Å². The maximum atomic E-state index is 6.89. The predicted octanol–water partition coefficient (Wildman–Crippen LogP) is 0.550. The Bertz CT molecular complexity index is 471. The minimum absolute atomic E-state index is 0. The Morgan fingerprint density at radius 3 is 1.04 bits per heavy atom. The van der Waals surface area contributed by atoms with Crippen LogP contribution in [0.15, 0.2) is 24.3 Å². The number of hydrogen-bond donors (Lipinski definition) is 0. The molecule has 0 fully saturated rings. The SMILES string of the molecule is [B][P+]([CH-]c1ccccc1[CH-][P+]([B])(C(C)C)C(C)C)(C(C)C)C(C)C.[Li+].[Li+]. The van der Waals surface area contributed by atoms with Gasteiger partial charge in [-0.05, 0) is 55.4 Å². The van der Waals surface area contributed by atoms with Gasteiger partial charge in [-0.25, -0.2) is 12.1 Å². The standard InChI is InChI=1S/C20H34B2P2.2Li/c1-15(2)23(21,16(3)4)13-19-11-9-10-12-20(19)14-24(22,17(5)6)18(7)8;;/h9-18H,1-8H3;;/q;2*+1. The summed E-state index contributed by atoms with van der Waals surface area (Å²) in [5.74, 6) is 0. The van der Waals surface area contributed by atoms with Crippen LogP contribution in [0.3, 0.4) is 0 Å². The summed E-state index contributed by atoms with van der Waals surface area (Å²) < 4.78 is 0. The Morgan fingerprint density at radius 2 is 0.846 bits per heavy atom. The maximum Gasteiger partial charge on any atom is 1.00 e. The number of benzene rings is 1. The third kappa shape index (κ3) is 6.88. The van der Waals surface area contributed by atoms with Gasteiger partial charge in [0.15, 0.2) is 0 Å². The van der Waals surface area contributed by atoms with Crippen LogP contribution >= 0.6 is 14.3 Å². The van der Waals surface area contributed by atoms with Crippen LogP contribution in [0.25, 0.3) is 0 Å². The van der Waals surface area contributed by atoms with E-state index >= 15 is 0 Å². The molecule has 0 aliphatic heterocycles. The summed E-state index contributed by atoms with van der Waals surface area (Å²) in [6.45, 7) is 18.0. The van der Waals surface area contributed by atoms with Crippen LogP contribution < -0.4 is 37.7 Å². The maximum absolute atomic E-state index is 6.89. The minimum atomic E-state index is -1.65. The van der Waals surface area contributed by atoms with Gasteiger partial charge in [0.1, 0.15) is 0 Å². The molecule has 26 heavy (non-hydrogen) atoms. The van der Waals surface area contributed by atoms with Crippen molar-refractivity contribution >= 4 is 29.4 Å². The van der Waals surface area contributed by atoms with Gasteiger partial charge in [-0.1, -0.05) is 14.3 Å². The molecular weight excluding hydrogens is 338 g/mol. The fraction of sp³-hybridized carbons (Fsp3) is 0.600. The molecule has 0 aromatic heterocycles. The second-order valence-electron chi connectivity index (χ2n) is 8.05. The summed E-state index contributed by atoms with van der Waals surface area (Å²) >= 11 is 0. The van der Waals surface area contributed by atoms with Crippen molar-refractivity contribution in [3.63, 3.8) is 0 Å². The zero-order valence-corrected chi connectivity index (χ0v) is 20.6. The molecule has 0 saturated carbocycles. The third-order valence-electron chi connectivity index (χ3n) is 5.30. The Morgan fingerprint density at radius 1 is 0.615 bits per heavy atom. The normalized spacial score (nSPS) is 12.2. The first-order valence-electron chi connectivity index (χ1n) is 9.09. The van der Waals surface area contributed by atoms with Crippen molar-refractivity contribution in [1.29, 1.82) is 0 Å². The van der Waals surface area contributed by atoms with Crippen molar-refractivity contribution in [3.05, 3.63) is 47.7 Å². The quantitative estimate of drug-likeness (QED) is 0.356. The van der Waals surface area contributed by atoms with Gasteiger partial charge in [0.25, 0.3) is 0 Å². The van der Waals surface area contributed by atoms with E-state index in [1.807, 2.05) is 0 Å². The molecule has 0 nitrogen and oxygen atoms in total. The second kappa shape index (κ2) is 12.0. The van der Waals surface area contributed by atoms with Crippen LogP contribution in [0, 0.1) is 12.3 Å². The number of rotatable bonds is 8. The minimum Gasteiger partial charge on any atom is -0.256 e. The first kappa shape index (κ1) is 29.3. The molecule has 0 amide bonds. The molecule has 130 valence electrons. The Labute approximate surface area is 192 Å². The van der Waals surface area contributed by atoms with E-state index in [0.29, 0.717) is 22.6 Å². The zero-order chi connectivity index (χ0) is 18.7. The van der Waals surface area contributed by atoms with E-state index in [1.165, 1.54) is 11.1 Å². The molecular formula is C20H34B2Li2P2+2. The molecule has 0 aliphatic carbocycles. The molecule has 0 atom stereocenters. The van der Waals surface area contributed by atoms with Gasteiger partial charge < -0.3 is 0 Å². The smallest absolute Gasteiger partial charge is 0.256 e. The van der Waals surface area contributed by atoms with Crippen molar-refractivity contribution in [2.45, 2.75) is 78.0 Å². The fourth-order valence-electron chi connectivity index (χ4n) is 3.02.